The Bertz CT molecular complexity index is 687. The molecule has 0 radical (unpaired) electrons. The van der Waals surface area contributed by atoms with Crippen molar-refractivity contribution in [1.29, 1.82) is 0 Å². The van der Waals surface area contributed by atoms with Gasteiger partial charge in [0.05, 0.1) is 7.11 Å². The Kier molecular flexibility index (Phi) is 7.22. The fourth-order valence-corrected chi connectivity index (χ4v) is 2.33. The first-order valence-electron chi connectivity index (χ1n) is 8.45. The highest BCUT2D eigenvalue weighted by atomic mass is 16.5. The molecule has 0 atom stereocenters. The third-order valence-electron chi connectivity index (χ3n) is 3.75. The maximum atomic E-state index is 11.2. The van der Waals surface area contributed by atoms with Crippen molar-refractivity contribution in [3.8, 4) is 17.4 Å². The van der Waals surface area contributed by atoms with Crippen molar-refractivity contribution in [2.45, 2.75) is 32.7 Å². The summed E-state index contributed by atoms with van der Waals surface area (Å²) in [5.74, 6) is 0.851. The van der Waals surface area contributed by atoms with Gasteiger partial charge in [0.1, 0.15) is 0 Å². The third kappa shape index (κ3) is 5.76. The van der Waals surface area contributed by atoms with Crippen LogP contribution in [-0.2, 0) is 6.54 Å². The van der Waals surface area contributed by atoms with E-state index in [9.17, 15) is 4.79 Å². The van der Waals surface area contributed by atoms with E-state index in [4.69, 9.17) is 15.2 Å². The van der Waals surface area contributed by atoms with E-state index in [1.54, 1.807) is 24.4 Å². The summed E-state index contributed by atoms with van der Waals surface area (Å²) < 4.78 is 11.0. The van der Waals surface area contributed by atoms with Crippen molar-refractivity contribution in [3.63, 3.8) is 0 Å². The van der Waals surface area contributed by atoms with Crippen molar-refractivity contribution < 1.29 is 14.3 Å². The van der Waals surface area contributed by atoms with Crippen LogP contribution in [0.15, 0.2) is 36.5 Å². The summed E-state index contributed by atoms with van der Waals surface area (Å²) in [6.07, 6.45) is 5.44. The maximum Gasteiger partial charge on any atom is 0.248 e. The highest BCUT2D eigenvalue weighted by Gasteiger charge is 2.10. The van der Waals surface area contributed by atoms with E-state index >= 15 is 0 Å². The fourth-order valence-electron chi connectivity index (χ4n) is 2.33. The molecule has 1 aromatic heterocycles. The summed E-state index contributed by atoms with van der Waals surface area (Å²) in [6, 6.07) is 8.56. The number of unbranched alkanes of at least 4 members (excludes halogenated alkanes) is 2. The highest BCUT2D eigenvalue weighted by Crippen LogP contribution is 2.31. The molecular formula is C19H25N3O3. The van der Waals surface area contributed by atoms with E-state index < -0.39 is 5.91 Å². The topological polar surface area (TPSA) is 86.5 Å². The van der Waals surface area contributed by atoms with Crippen LogP contribution in [0.5, 0.6) is 17.4 Å². The number of nitrogens with two attached hydrogens (primary N) is 1. The number of rotatable bonds is 10. The molecule has 0 saturated carbocycles. The lowest BCUT2D eigenvalue weighted by atomic mass is 10.2. The Labute approximate surface area is 148 Å². The molecule has 1 heterocycles. The van der Waals surface area contributed by atoms with E-state index in [0.29, 0.717) is 22.9 Å². The molecule has 3 N–H and O–H groups in total. The second-order valence-corrected chi connectivity index (χ2v) is 5.72. The molecule has 0 bridgehead atoms. The van der Waals surface area contributed by atoms with Crippen LogP contribution >= 0.6 is 0 Å². The monoisotopic (exact) mass is 343 g/mol. The Morgan fingerprint density at radius 3 is 2.68 bits per heavy atom. The van der Waals surface area contributed by atoms with Gasteiger partial charge in [-0.3, -0.25) is 4.79 Å². The Hall–Kier alpha value is -2.60. The van der Waals surface area contributed by atoms with Crippen LogP contribution in [0.1, 0.15) is 42.1 Å². The van der Waals surface area contributed by atoms with Crippen molar-refractivity contribution in [2.24, 2.45) is 5.73 Å². The van der Waals surface area contributed by atoms with Gasteiger partial charge in [-0.2, -0.15) is 0 Å². The number of benzene rings is 1. The zero-order valence-corrected chi connectivity index (χ0v) is 14.7. The van der Waals surface area contributed by atoms with Crippen molar-refractivity contribution in [2.75, 3.05) is 13.7 Å². The molecule has 0 aliphatic rings. The van der Waals surface area contributed by atoms with Gasteiger partial charge < -0.3 is 20.5 Å². The number of nitrogens with one attached hydrogen (secondary N) is 1. The van der Waals surface area contributed by atoms with Crippen molar-refractivity contribution >= 4 is 5.91 Å². The Morgan fingerprint density at radius 1 is 1.20 bits per heavy atom. The number of methoxy groups -OCH3 is 1. The van der Waals surface area contributed by atoms with Gasteiger partial charge in [0.15, 0.2) is 11.5 Å². The first-order chi connectivity index (χ1) is 12.1. The Morgan fingerprint density at radius 2 is 2.04 bits per heavy atom. The second kappa shape index (κ2) is 9.64. The molecule has 2 rings (SSSR count). The van der Waals surface area contributed by atoms with E-state index in [1.807, 2.05) is 12.1 Å². The normalized spacial score (nSPS) is 10.5. The van der Waals surface area contributed by atoms with Gasteiger partial charge in [-0.1, -0.05) is 25.8 Å². The number of carbonyl (C=O) groups excluding carboxylic acids is 1. The Balaban J connectivity index is 1.95. The quantitative estimate of drug-likeness (QED) is 0.647. The largest absolute Gasteiger partial charge is 0.493 e. The van der Waals surface area contributed by atoms with E-state index in [-0.39, 0.29) is 0 Å². The first-order valence-corrected chi connectivity index (χ1v) is 8.45. The molecule has 134 valence electrons. The summed E-state index contributed by atoms with van der Waals surface area (Å²) in [5.41, 5.74) is 6.73. The molecule has 0 saturated heterocycles. The third-order valence-corrected chi connectivity index (χ3v) is 3.75. The number of carbonyl (C=O) groups is 1. The number of ether oxygens (including phenoxy) is 2. The summed E-state index contributed by atoms with van der Waals surface area (Å²) >= 11 is 0. The summed E-state index contributed by atoms with van der Waals surface area (Å²) in [6.45, 7) is 3.99. The van der Waals surface area contributed by atoms with Gasteiger partial charge in [-0.15, -0.1) is 0 Å². The minimum atomic E-state index is -0.515. The van der Waals surface area contributed by atoms with Gasteiger partial charge >= 0.3 is 0 Å². The standard InChI is InChI=1S/C19H25N3O3/c1-3-4-5-10-21-12-14-6-9-18(22-13-14)25-16-8-7-15(19(20)23)11-17(16)24-2/h6-9,11,13,21H,3-5,10,12H2,1-2H3,(H2,20,23). The minimum Gasteiger partial charge on any atom is -0.493 e. The van der Waals surface area contributed by atoms with Crippen LogP contribution < -0.4 is 20.5 Å². The average Bonchev–Trinajstić information content (AvgIpc) is 2.63. The van der Waals surface area contributed by atoms with Gasteiger partial charge in [0, 0.05) is 24.4 Å². The number of primary amides is 1. The van der Waals surface area contributed by atoms with E-state index in [2.05, 4.69) is 17.2 Å². The SMILES string of the molecule is CCCCCNCc1ccc(Oc2ccc(C(N)=O)cc2OC)nc1. The van der Waals surface area contributed by atoms with Crippen molar-refractivity contribution in [3.05, 3.63) is 47.7 Å². The van der Waals surface area contributed by atoms with Gasteiger partial charge in [0.25, 0.3) is 0 Å². The molecule has 0 unspecified atom stereocenters. The molecule has 2 aromatic rings. The van der Waals surface area contributed by atoms with Gasteiger partial charge in [0.2, 0.25) is 11.8 Å². The number of aromatic nitrogens is 1. The fraction of sp³-hybridized carbons (Fsp3) is 0.368. The molecule has 6 nitrogen and oxygen atoms in total. The van der Waals surface area contributed by atoms with Crippen LogP contribution in [0.4, 0.5) is 0 Å². The second-order valence-electron chi connectivity index (χ2n) is 5.72. The zero-order chi connectivity index (χ0) is 18.1. The maximum absolute atomic E-state index is 11.2. The average molecular weight is 343 g/mol. The smallest absolute Gasteiger partial charge is 0.248 e. The van der Waals surface area contributed by atoms with Gasteiger partial charge in [-0.25, -0.2) is 4.98 Å². The lowest BCUT2D eigenvalue weighted by molar-refractivity contribution is 0.1000. The van der Waals surface area contributed by atoms with Crippen LogP contribution in [0.25, 0.3) is 0 Å². The first kappa shape index (κ1) is 18.7. The lowest BCUT2D eigenvalue weighted by Crippen LogP contribution is -2.14. The van der Waals surface area contributed by atoms with Crippen LogP contribution in [0, 0.1) is 0 Å². The molecule has 25 heavy (non-hydrogen) atoms. The van der Waals surface area contributed by atoms with Crippen LogP contribution in [-0.4, -0.2) is 24.5 Å². The predicted octanol–water partition coefficient (Wildman–Crippen LogP) is 3.26. The summed E-state index contributed by atoms with van der Waals surface area (Å²) in [5, 5.41) is 3.40. The zero-order valence-electron chi connectivity index (χ0n) is 14.7. The molecule has 0 aliphatic carbocycles. The molecule has 0 aliphatic heterocycles. The summed E-state index contributed by atoms with van der Waals surface area (Å²) in [4.78, 5) is 15.5. The summed E-state index contributed by atoms with van der Waals surface area (Å²) in [7, 11) is 1.51. The number of amides is 1. The lowest BCUT2D eigenvalue weighted by Gasteiger charge is -2.11. The van der Waals surface area contributed by atoms with E-state index in [0.717, 1.165) is 18.7 Å². The molecule has 1 aromatic carbocycles. The van der Waals surface area contributed by atoms with Crippen molar-refractivity contribution in [1.82, 2.24) is 10.3 Å². The van der Waals surface area contributed by atoms with E-state index in [1.165, 1.54) is 26.4 Å². The molecule has 0 fully saturated rings. The van der Waals surface area contributed by atoms with Crippen LogP contribution in [0.2, 0.25) is 0 Å². The number of pyridine rings is 1. The molecule has 0 spiro atoms. The number of nitrogens with zero attached hydrogens (tertiary/aromatic N) is 1. The number of hydrogen-bond donors (Lipinski definition) is 2. The minimum absolute atomic E-state index is 0.363. The molecule has 6 heteroatoms. The van der Waals surface area contributed by atoms with Crippen LogP contribution in [0.3, 0.4) is 0 Å². The molecular weight excluding hydrogens is 318 g/mol. The molecule has 1 amide bonds. The number of hydrogen-bond acceptors (Lipinski definition) is 5. The highest BCUT2D eigenvalue weighted by molar-refractivity contribution is 5.93. The predicted molar refractivity (Wildman–Crippen MR) is 97.1 cm³/mol. The van der Waals surface area contributed by atoms with Gasteiger partial charge in [-0.05, 0) is 36.7 Å².